The van der Waals surface area contributed by atoms with E-state index in [-0.39, 0.29) is 0 Å². The number of β-amino-alcohol motifs (C(OH)–C–C–N with tert-alkyl or cyclic N) is 1. The molecule has 0 bridgehead atoms. The van der Waals surface area contributed by atoms with Gasteiger partial charge in [0, 0.05) is 26.1 Å². The monoisotopic (exact) mass is 394 g/mol. The third kappa shape index (κ3) is 3.75. The number of aliphatic hydroxyl groups excluding tert-OH is 1. The van der Waals surface area contributed by atoms with Gasteiger partial charge in [-0.05, 0) is 47.9 Å². The Morgan fingerprint density at radius 2 is 1.86 bits per heavy atom. The second-order valence-electron chi connectivity index (χ2n) is 8.82. The Hall–Kier alpha value is -2.41. The molecule has 1 aliphatic carbocycles. The molecule has 2 aliphatic rings. The number of benzene rings is 2. The zero-order valence-corrected chi connectivity index (χ0v) is 16.3. The summed E-state index contributed by atoms with van der Waals surface area (Å²) in [5, 5.41) is 21.8. The van der Waals surface area contributed by atoms with Crippen molar-refractivity contribution in [2.75, 3.05) is 19.6 Å². The van der Waals surface area contributed by atoms with E-state index >= 15 is 0 Å². The molecule has 29 heavy (non-hydrogen) atoms. The van der Waals surface area contributed by atoms with Crippen LogP contribution in [0.1, 0.15) is 30.1 Å². The molecular formula is C23H26N2O4. The average Bonchev–Trinajstić information content (AvgIpc) is 3.31. The van der Waals surface area contributed by atoms with E-state index in [1.54, 1.807) is 12.1 Å². The van der Waals surface area contributed by atoms with Gasteiger partial charge in [0.2, 0.25) is 0 Å². The van der Waals surface area contributed by atoms with Crippen molar-refractivity contribution in [1.82, 2.24) is 9.88 Å². The van der Waals surface area contributed by atoms with Gasteiger partial charge in [0.05, 0.1) is 17.2 Å². The van der Waals surface area contributed by atoms with Crippen LogP contribution in [-0.4, -0.2) is 45.3 Å². The van der Waals surface area contributed by atoms with E-state index in [1.165, 1.54) is 5.56 Å². The molecule has 2 fully saturated rings. The Bertz CT molecular complexity index is 1040. The molecule has 1 aromatic heterocycles. The fraction of sp³-hybridized carbons (Fsp3) is 0.435. The Labute approximate surface area is 168 Å². The number of hydrogen-bond donors (Lipinski definition) is 3. The van der Waals surface area contributed by atoms with Crippen molar-refractivity contribution in [2.24, 2.45) is 11.8 Å². The first-order valence-corrected chi connectivity index (χ1v) is 10.3. The highest BCUT2D eigenvalue weighted by atomic mass is 16.4. The van der Waals surface area contributed by atoms with Gasteiger partial charge in [-0.25, -0.2) is 4.79 Å². The molecule has 3 N–H and O–H groups in total. The smallest absolute Gasteiger partial charge is 0.408 e. The second-order valence-corrected chi connectivity index (χ2v) is 8.82. The molecule has 0 amide bonds. The minimum atomic E-state index is -0.637. The third-order valence-corrected chi connectivity index (χ3v) is 6.57. The number of aromatic nitrogens is 1. The normalized spacial score (nSPS) is 28.1. The predicted molar refractivity (Wildman–Crippen MR) is 110 cm³/mol. The lowest BCUT2D eigenvalue weighted by molar-refractivity contribution is 0.0328. The number of nitrogens with zero attached hydrogens (tertiary/aromatic N) is 1. The number of nitrogens with one attached hydrogen (secondary N) is 1. The number of oxazole rings is 1. The molecule has 152 valence electrons. The zero-order chi connectivity index (χ0) is 20.0. The van der Waals surface area contributed by atoms with Crippen molar-refractivity contribution in [1.29, 1.82) is 0 Å². The van der Waals surface area contributed by atoms with Gasteiger partial charge in [-0.15, -0.1) is 0 Å². The van der Waals surface area contributed by atoms with E-state index < -0.39 is 17.5 Å². The molecule has 6 heteroatoms. The maximum atomic E-state index is 11.3. The van der Waals surface area contributed by atoms with Crippen molar-refractivity contribution < 1.29 is 14.6 Å². The second kappa shape index (κ2) is 7.13. The Kier molecular flexibility index (Phi) is 4.57. The summed E-state index contributed by atoms with van der Waals surface area (Å²) < 4.78 is 5.10. The molecule has 6 nitrogen and oxygen atoms in total. The van der Waals surface area contributed by atoms with E-state index in [9.17, 15) is 15.0 Å². The molecule has 5 rings (SSSR count). The molecule has 1 aliphatic heterocycles. The first-order valence-electron chi connectivity index (χ1n) is 10.3. The maximum absolute atomic E-state index is 11.3. The van der Waals surface area contributed by atoms with Gasteiger partial charge >= 0.3 is 5.76 Å². The van der Waals surface area contributed by atoms with Crippen LogP contribution in [0.3, 0.4) is 0 Å². The van der Waals surface area contributed by atoms with E-state index in [0.29, 0.717) is 35.9 Å². The van der Waals surface area contributed by atoms with Crippen LogP contribution in [0.25, 0.3) is 11.1 Å². The van der Waals surface area contributed by atoms with Crippen LogP contribution in [0.4, 0.5) is 0 Å². The highest BCUT2D eigenvalue weighted by molar-refractivity contribution is 5.72. The molecule has 1 saturated carbocycles. The largest absolute Gasteiger partial charge is 0.417 e. The standard InChI is InChI=1S/C23H26N2O4/c26-20(16-6-7-19-21(8-16)29-22(27)24-19)14-25-12-17-10-23(28,11-18(17)13-25)9-15-4-2-1-3-5-15/h1-8,17-18,20,26,28H,9-14H2,(H,24,27)/t17-,18+,20?,23?. The number of fused-ring (bicyclic) bond motifs is 2. The Morgan fingerprint density at radius 3 is 2.59 bits per heavy atom. The molecule has 3 aromatic rings. The number of aliphatic hydroxyl groups is 2. The van der Waals surface area contributed by atoms with Gasteiger partial charge < -0.3 is 14.6 Å². The summed E-state index contributed by atoms with van der Waals surface area (Å²) in [5.41, 5.74) is 2.43. The highest BCUT2D eigenvalue weighted by Crippen LogP contribution is 2.45. The number of rotatable bonds is 5. The number of hydrogen-bond acceptors (Lipinski definition) is 5. The van der Waals surface area contributed by atoms with Crippen molar-refractivity contribution >= 4 is 11.1 Å². The van der Waals surface area contributed by atoms with Crippen molar-refractivity contribution in [3.63, 3.8) is 0 Å². The summed E-state index contributed by atoms with van der Waals surface area (Å²) in [6.45, 7) is 2.35. The highest BCUT2D eigenvalue weighted by Gasteiger charge is 2.48. The zero-order valence-electron chi connectivity index (χ0n) is 16.3. The molecule has 2 unspecified atom stereocenters. The lowest BCUT2D eigenvalue weighted by Crippen LogP contribution is -2.33. The van der Waals surface area contributed by atoms with Gasteiger partial charge in [-0.2, -0.15) is 0 Å². The van der Waals surface area contributed by atoms with Crippen molar-refractivity contribution in [3.8, 4) is 0 Å². The Morgan fingerprint density at radius 1 is 1.14 bits per heavy atom. The van der Waals surface area contributed by atoms with E-state index in [1.807, 2.05) is 24.3 Å². The quantitative estimate of drug-likeness (QED) is 0.619. The van der Waals surface area contributed by atoms with Crippen LogP contribution in [0.2, 0.25) is 0 Å². The van der Waals surface area contributed by atoms with Gasteiger partial charge in [0.15, 0.2) is 5.58 Å². The van der Waals surface area contributed by atoms with E-state index in [4.69, 9.17) is 4.42 Å². The topological polar surface area (TPSA) is 89.7 Å². The number of aromatic amines is 1. The van der Waals surface area contributed by atoms with E-state index in [0.717, 1.165) is 31.5 Å². The van der Waals surface area contributed by atoms with Crippen LogP contribution in [0.15, 0.2) is 57.7 Å². The summed E-state index contributed by atoms with van der Waals surface area (Å²) in [6.07, 6.45) is 1.71. The summed E-state index contributed by atoms with van der Waals surface area (Å²) >= 11 is 0. The molecular weight excluding hydrogens is 368 g/mol. The summed E-state index contributed by atoms with van der Waals surface area (Å²) in [7, 11) is 0. The average molecular weight is 394 g/mol. The SMILES string of the molecule is O=c1[nH]c2ccc(C(O)CN3C[C@@H]4CC(O)(Cc5ccccc5)C[C@@H]4C3)cc2o1. The van der Waals surface area contributed by atoms with Crippen LogP contribution < -0.4 is 5.76 Å². The summed E-state index contributed by atoms with van der Waals surface area (Å²) in [5.74, 6) is 0.462. The fourth-order valence-corrected chi connectivity index (χ4v) is 5.35. The van der Waals surface area contributed by atoms with E-state index in [2.05, 4.69) is 22.0 Å². The van der Waals surface area contributed by atoms with Gasteiger partial charge in [0.25, 0.3) is 0 Å². The van der Waals surface area contributed by atoms with Gasteiger partial charge in [0.1, 0.15) is 0 Å². The molecule has 0 spiro atoms. The van der Waals surface area contributed by atoms with Gasteiger partial charge in [-0.1, -0.05) is 36.4 Å². The third-order valence-electron chi connectivity index (χ3n) is 6.57. The van der Waals surface area contributed by atoms with Crippen LogP contribution in [-0.2, 0) is 6.42 Å². The Balaban J connectivity index is 1.20. The van der Waals surface area contributed by atoms with Crippen LogP contribution in [0.5, 0.6) is 0 Å². The number of likely N-dealkylation sites (tertiary alicyclic amines) is 1. The fourth-order valence-electron chi connectivity index (χ4n) is 5.35. The molecule has 2 heterocycles. The lowest BCUT2D eigenvalue weighted by Gasteiger charge is -2.27. The predicted octanol–water partition coefficient (Wildman–Crippen LogP) is 2.47. The minimum absolute atomic E-state index is 0.468. The summed E-state index contributed by atoms with van der Waals surface area (Å²) in [6, 6.07) is 15.5. The molecule has 2 aromatic carbocycles. The van der Waals surface area contributed by atoms with Crippen molar-refractivity contribution in [2.45, 2.75) is 31.0 Å². The van der Waals surface area contributed by atoms with Gasteiger partial charge in [-0.3, -0.25) is 9.88 Å². The van der Waals surface area contributed by atoms with Crippen LogP contribution in [0, 0.1) is 11.8 Å². The van der Waals surface area contributed by atoms with Crippen LogP contribution >= 0.6 is 0 Å². The van der Waals surface area contributed by atoms with Crippen molar-refractivity contribution in [3.05, 3.63) is 70.2 Å². The minimum Gasteiger partial charge on any atom is -0.408 e. The lowest BCUT2D eigenvalue weighted by atomic mass is 9.91. The first kappa shape index (κ1) is 18.6. The summed E-state index contributed by atoms with van der Waals surface area (Å²) in [4.78, 5) is 16.2. The number of H-pyrrole nitrogens is 1. The maximum Gasteiger partial charge on any atom is 0.417 e. The molecule has 1 saturated heterocycles. The molecule has 4 atom stereocenters. The molecule has 0 radical (unpaired) electrons. The first-order chi connectivity index (χ1) is 14.0.